The van der Waals surface area contributed by atoms with Crippen LogP contribution in [-0.4, -0.2) is 42.7 Å². The molecule has 1 atom stereocenters. The molecule has 0 aliphatic carbocycles. The minimum Gasteiger partial charge on any atom is -0.480 e. The fourth-order valence-corrected chi connectivity index (χ4v) is 2.58. The van der Waals surface area contributed by atoms with Gasteiger partial charge in [-0.05, 0) is 25.1 Å². The first-order valence-corrected chi connectivity index (χ1v) is 9.44. The number of hydrogen-bond donors (Lipinski definition) is 2. The van der Waals surface area contributed by atoms with E-state index in [2.05, 4.69) is 10.6 Å². The molecule has 2 rings (SSSR count). The van der Waals surface area contributed by atoms with E-state index in [-0.39, 0.29) is 11.6 Å². The van der Waals surface area contributed by atoms with Crippen LogP contribution in [0.2, 0.25) is 5.02 Å². The van der Waals surface area contributed by atoms with Crippen LogP contribution >= 0.6 is 11.6 Å². The van der Waals surface area contributed by atoms with Crippen molar-refractivity contribution in [1.29, 1.82) is 5.26 Å². The lowest BCUT2D eigenvalue weighted by molar-refractivity contribution is -0.189. The highest BCUT2D eigenvalue weighted by Gasteiger charge is 2.39. The quantitative estimate of drug-likeness (QED) is 0.430. The fourth-order valence-electron chi connectivity index (χ4n) is 2.37. The largest absolute Gasteiger partial charge is 0.480 e. The molecule has 0 spiro atoms. The van der Waals surface area contributed by atoms with Crippen molar-refractivity contribution in [2.45, 2.75) is 19.2 Å². The minimum absolute atomic E-state index is 0.209. The van der Waals surface area contributed by atoms with E-state index in [1.807, 2.05) is 0 Å². The molecule has 2 aromatic carbocycles. The first-order valence-electron chi connectivity index (χ1n) is 9.06. The van der Waals surface area contributed by atoms with Gasteiger partial charge in [-0.2, -0.15) is 18.4 Å². The Labute approximate surface area is 189 Å². The van der Waals surface area contributed by atoms with Gasteiger partial charge >= 0.3 is 12.2 Å². The molecular formula is C20H16ClF5N4O3. The highest BCUT2D eigenvalue weighted by atomic mass is 35.5. The molecule has 0 unspecified atom stereocenters. The van der Waals surface area contributed by atoms with Crippen LogP contribution in [0, 0.1) is 23.0 Å². The Morgan fingerprint density at radius 2 is 1.88 bits per heavy atom. The molecule has 7 nitrogen and oxygen atoms in total. The molecule has 0 saturated heterocycles. The Morgan fingerprint density at radius 1 is 1.21 bits per heavy atom. The Kier molecular flexibility index (Phi) is 8.05. The van der Waals surface area contributed by atoms with Crippen LogP contribution in [0.15, 0.2) is 30.3 Å². The van der Waals surface area contributed by atoms with E-state index >= 15 is 0 Å². The molecule has 0 aliphatic heterocycles. The van der Waals surface area contributed by atoms with Crippen molar-refractivity contribution in [3.05, 3.63) is 52.6 Å². The summed E-state index contributed by atoms with van der Waals surface area (Å²) < 4.78 is 72.5. The molecule has 0 bridgehead atoms. The molecular weight excluding hydrogens is 475 g/mol. The molecule has 0 saturated carbocycles. The summed E-state index contributed by atoms with van der Waals surface area (Å²) in [5.74, 6) is -4.11. The third kappa shape index (κ3) is 6.45. The maximum atomic E-state index is 14.6. The maximum Gasteiger partial charge on any atom is 0.425 e. The third-order valence-corrected chi connectivity index (χ3v) is 4.49. The number of para-hydroxylation sites is 1. The number of nitrogens with zero attached hydrogens (tertiary/aromatic N) is 2. The average molecular weight is 491 g/mol. The van der Waals surface area contributed by atoms with E-state index in [0.29, 0.717) is 19.1 Å². The molecule has 0 fully saturated rings. The zero-order valence-electron chi connectivity index (χ0n) is 17.1. The summed E-state index contributed by atoms with van der Waals surface area (Å²) in [6.45, 7) is 0.295. The average Bonchev–Trinajstić information content (AvgIpc) is 2.72. The number of anilines is 2. The van der Waals surface area contributed by atoms with Crippen molar-refractivity contribution in [2.75, 3.05) is 24.2 Å². The van der Waals surface area contributed by atoms with Crippen molar-refractivity contribution >= 4 is 34.9 Å². The van der Waals surface area contributed by atoms with Crippen LogP contribution in [0.1, 0.15) is 17.3 Å². The van der Waals surface area contributed by atoms with Crippen molar-refractivity contribution in [3.8, 4) is 11.8 Å². The van der Waals surface area contributed by atoms with Crippen molar-refractivity contribution in [2.24, 2.45) is 0 Å². The van der Waals surface area contributed by atoms with Gasteiger partial charge in [0.25, 0.3) is 5.91 Å². The smallest absolute Gasteiger partial charge is 0.425 e. The molecule has 2 aromatic rings. The molecule has 13 heteroatoms. The highest BCUT2D eigenvalue weighted by Crippen LogP contribution is 2.33. The van der Waals surface area contributed by atoms with Gasteiger partial charge in [0.15, 0.2) is 6.10 Å². The van der Waals surface area contributed by atoms with Crippen molar-refractivity contribution in [3.63, 3.8) is 0 Å². The van der Waals surface area contributed by atoms with Crippen LogP contribution in [0.3, 0.4) is 0 Å². The molecule has 3 amide bonds. The van der Waals surface area contributed by atoms with Gasteiger partial charge in [-0.25, -0.2) is 13.6 Å². The zero-order valence-corrected chi connectivity index (χ0v) is 17.8. The summed E-state index contributed by atoms with van der Waals surface area (Å²) in [5, 5.41) is 12.6. The number of carbonyl (C=O) groups excluding carboxylic acids is 2. The summed E-state index contributed by atoms with van der Waals surface area (Å²) in [5.41, 5.74) is -1.81. The van der Waals surface area contributed by atoms with E-state index in [0.717, 1.165) is 11.0 Å². The third-order valence-electron chi connectivity index (χ3n) is 4.18. The molecule has 33 heavy (non-hydrogen) atoms. The SMILES string of the molecule is C[C@H](Oc1cc(NC(=O)N(C)CC#N)c(F)cc1C(=O)Nc1c(F)cccc1Cl)C(F)(F)F. The molecule has 0 radical (unpaired) electrons. The number of carbonyl (C=O) groups is 2. The lowest BCUT2D eigenvalue weighted by atomic mass is 10.1. The number of benzene rings is 2. The number of hydrogen-bond acceptors (Lipinski definition) is 4. The maximum absolute atomic E-state index is 14.6. The van der Waals surface area contributed by atoms with E-state index in [1.165, 1.54) is 19.2 Å². The second-order valence-corrected chi connectivity index (χ2v) is 7.03. The standard InChI is InChI=1S/C20H16ClF5N4O3/c1-10(20(24,25)26)33-16-9-15(28-19(32)30(2)7-6-27)14(23)8-11(16)18(31)29-17-12(21)4-3-5-13(17)22/h3-5,8-10H,7H2,1-2H3,(H,28,32)(H,29,31)/t10-/m0/s1. The van der Waals surface area contributed by atoms with Crippen molar-refractivity contribution < 1.29 is 36.3 Å². The van der Waals surface area contributed by atoms with Crippen LogP contribution in [0.5, 0.6) is 5.75 Å². The lowest BCUT2D eigenvalue weighted by Gasteiger charge is -2.21. The highest BCUT2D eigenvalue weighted by molar-refractivity contribution is 6.34. The number of nitrogens with one attached hydrogen (secondary N) is 2. The number of rotatable bonds is 6. The van der Waals surface area contributed by atoms with Gasteiger partial charge in [-0.15, -0.1) is 0 Å². The zero-order chi connectivity index (χ0) is 24.9. The van der Waals surface area contributed by atoms with Gasteiger partial charge in [-0.3, -0.25) is 4.79 Å². The number of halogens is 6. The monoisotopic (exact) mass is 490 g/mol. The minimum atomic E-state index is -4.84. The number of ether oxygens (including phenoxy) is 1. The predicted molar refractivity (Wildman–Crippen MR) is 109 cm³/mol. The molecule has 2 N–H and O–H groups in total. The molecule has 0 aliphatic rings. The number of amides is 3. The molecule has 176 valence electrons. The summed E-state index contributed by atoms with van der Waals surface area (Å²) in [4.78, 5) is 25.6. The molecule has 0 aromatic heterocycles. The Balaban J connectivity index is 2.47. The van der Waals surface area contributed by atoms with Crippen LogP contribution < -0.4 is 15.4 Å². The number of alkyl halides is 3. The summed E-state index contributed by atoms with van der Waals surface area (Å²) in [7, 11) is 1.22. The Bertz CT molecular complexity index is 1080. The number of urea groups is 1. The fraction of sp³-hybridized carbons (Fsp3) is 0.250. The first-order chi connectivity index (χ1) is 15.3. The van der Waals surface area contributed by atoms with Gasteiger partial charge in [0.1, 0.15) is 23.9 Å². The van der Waals surface area contributed by atoms with Crippen LogP contribution in [0.4, 0.5) is 38.1 Å². The summed E-state index contributed by atoms with van der Waals surface area (Å²) in [6, 6.07) is 5.41. The topological polar surface area (TPSA) is 94.5 Å². The lowest BCUT2D eigenvalue weighted by Crippen LogP contribution is -2.33. The van der Waals surface area contributed by atoms with Gasteiger partial charge < -0.3 is 20.3 Å². The molecule has 0 heterocycles. The number of nitriles is 1. The van der Waals surface area contributed by atoms with Crippen LogP contribution in [0.25, 0.3) is 0 Å². The Hall–Kier alpha value is -3.59. The first kappa shape index (κ1) is 25.7. The van der Waals surface area contributed by atoms with E-state index in [1.54, 1.807) is 6.07 Å². The summed E-state index contributed by atoms with van der Waals surface area (Å²) >= 11 is 5.83. The predicted octanol–water partition coefficient (Wildman–Crippen LogP) is 5.19. The Morgan fingerprint density at radius 3 is 2.45 bits per heavy atom. The van der Waals surface area contributed by atoms with Crippen molar-refractivity contribution in [1.82, 2.24) is 4.90 Å². The van der Waals surface area contributed by atoms with Gasteiger partial charge in [0.05, 0.1) is 28.0 Å². The van der Waals surface area contributed by atoms with Gasteiger partial charge in [0.2, 0.25) is 0 Å². The van der Waals surface area contributed by atoms with E-state index in [4.69, 9.17) is 21.6 Å². The van der Waals surface area contributed by atoms with Crippen LogP contribution in [-0.2, 0) is 0 Å². The van der Waals surface area contributed by atoms with E-state index in [9.17, 15) is 31.5 Å². The second kappa shape index (κ2) is 10.4. The normalized spacial score (nSPS) is 11.8. The van der Waals surface area contributed by atoms with Gasteiger partial charge in [-0.1, -0.05) is 17.7 Å². The second-order valence-electron chi connectivity index (χ2n) is 6.63. The summed E-state index contributed by atoms with van der Waals surface area (Å²) in [6.07, 6.45) is -7.26. The van der Waals surface area contributed by atoms with Gasteiger partial charge in [0, 0.05) is 13.1 Å². The van der Waals surface area contributed by atoms with E-state index < -0.39 is 58.5 Å².